The molecule has 0 bridgehead atoms. The second-order valence-electron chi connectivity index (χ2n) is 8.98. The van der Waals surface area contributed by atoms with Gasteiger partial charge in [0.2, 0.25) is 5.91 Å². The van der Waals surface area contributed by atoms with Gasteiger partial charge in [-0.1, -0.05) is 0 Å². The molecule has 1 aliphatic carbocycles. The molecule has 1 saturated carbocycles. The van der Waals surface area contributed by atoms with Gasteiger partial charge in [0.15, 0.2) is 0 Å². The minimum atomic E-state index is -0.256. The molecule has 170 valence electrons. The number of fused-ring (bicyclic) bond motifs is 3. The molecule has 0 spiro atoms. The molecule has 0 unspecified atom stereocenters. The Labute approximate surface area is 190 Å². The summed E-state index contributed by atoms with van der Waals surface area (Å²) < 4.78 is 3.48. The second-order valence-corrected chi connectivity index (χ2v) is 8.98. The van der Waals surface area contributed by atoms with Gasteiger partial charge in [0, 0.05) is 44.9 Å². The summed E-state index contributed by atoms with van der Waals surface area (Å²) in [5, 5.41) is 0. The first-order valence-corrected chi connectivity index (χ1v) is 11.1. The number of nitrogens with zero attached hydrogens (tertiary/aromatic N) is 6. The average molecular weight is 446 g/mol. The largest absolute Gasteiger partial charge is 0.369 e. The topological polar surface area (TPSA) is 112 Å². The van der Waals surface area contributed by atoms with Crippen LogP contribution in [-0.2, 0) is 11.8 Å². The lowest BCUT2D eigenvalue weighted by atomic mass is 9.85. The van der Waals surface area contributed by atoms with Crippen LogP contribution in [0.5, 0.6) is 0 Å². The Morgan fingerprint density at radius 1 is 1.06 bits per heavy atom. The lowest BCUT2D eigenvalue weighted by Crippen LogP contribution is -2.32. The number of rotatable bonds is 4. The second kappa shape index (κ2) is 7.99. The van der Waals surface area contributed by atoms with Gasteiger partial charge in [-0.25, -0.2) is 14.8 Å². The van der Waals surface area contributed by atoms with E-state index in [1.807, 2.05) is 47.8 Å². The summed E-state index contributed by atoms with van der Waals surface area (Å²) in [6, 6.07) is 7.80. The Morgan fingerprint density at radius 3 is 2.45 bits per heavy atom. The van der Waals surface area contributed by atoms with E-state index >= 15 is 0 Å². The molecule has 1 aliphatic rings. The van der Waals surface area contributed by atoms with Crippen LogP contribution in [0.25, 0.3) is 33.3 Å². The first-order valence-electron chi connectivity index (χ1n) is 11.1. The number of amides is 1. The van der Waals surface area contributed by atoms with E-state index in [1.54, 1.807) is 24.0 Å². The van der Waals surface area contributed by atoms with E-state index in [9.17, 15) is 9.59 Å². The molecular weight excluding hydrogens is 418 g/mol. The SMILES string of the molecule is CN(C)c1ccc(-c2ccc3ncc4c(c3n2)n(C2CCC(C(N)=O)CC2)c(=O)n4C)cn1. The van der Waals surface area contributed by atoms with Crippen LogP contribution in [0.2, 0.25) is 0 Å². The molecule has 0 aliphatic heterocycles. The molecule has 1 fully saturated rings. The summed E-state index contributed by atoms with van der Waals surface area (Å²) in [6.45, 7) is 0. The quantitative estimate of drug-likeness (QED) is 0.517. The number of hydrogen-bond donors (Lipinski definition) is 1. The predicted molar refractivity (Wildman–Crippen MR) is 128 cm³/mol. The molecule has 0 aromatic carbocycles. The van der Waals surface area contributed by atoms with Crippen LogP contribution in [-0.4, -0.2) is 44.1 Å². The molecule has 2 N–H and O–H groups in total. The Balaban J connectivity index is 1.65. The number of carbonyl (C=O) groups is 1. The van der Waals surface area contributed by atoms with Crippen LogP contribution in [0.4, 0.5) is 5.82 Å². The van der Waals surface area contributed by atoms with Crippen molar-refractivity contribution in [3.8, 4) is 11.3 Å². The van der Waals surface area contributed by atoms with Crippen molar-refractivity contribution in [2.75, 3.05) is 19.0 Å². The van der Waals surface area contributed by atoms with Crippen LogP contribution in [0.1, 0.15) is 31.7 Å². The van der Waals surface area contributed by atoms with Crippen LogP contribution in [0, 0.1) is 5.92 Å². The van der Waals surface area contributed by atoms with E-state index in [0.29, 0.717) is 18.4 Å². The summed E-state index contributed by atoms with van der Waals surface area (Å²) in [5.41, 5.74) is 10.0. The minimum absolute atomic E-state index is 0.00565. The Morgan fingerprint density at radius 2 is 1.82 bits per heavy atom. The summed E-state index contributed by atoms with van der Waals surface area (Å²) in [4.78, 5) is 40.8. The van der Waals surface area contributed by atoms with Gasteiger partial charge in [0.1, 0.15) is 11.3 Å². The number of nitrogens with two attached hydrogens (primary N) is 1. The maximum absolute atomic E-state index is 13.3. The van der Waals surface area contributed by atoms with Gasteiger partial charge in [0.05, 0.1) is 28.4 Å². The maximum atomic E-state index is 13.3. The fourth-order valence-electron chi connectivity index (χ4n) is 4.81. The molecule has 9 nitrogen and oxygen atoms in total. The van der Waals surface area contributed by atoms with Gasteiger partial charge in [-0.3, -0.25) is 18.9 Å². The van der Waals surface area contributed by atoms with Crippen LogP contribution >= 0.6 is 0 Å². The normalized spacial score (nSPS) is 18.6. The number of aromatic nitrogens is 5. The van der Waals surface area contributed by atoms with Gasteiger partial charge in [-0.15, -0.1) is 0 Å². The minimum Gasteiger partial charge on any atom is -0.369 e. The van der Waals surface area contributed by atoms with E-state index in [1.165, 1.54) is 0 Å². The third kappa shape index (κ3) is 3.53. The molecule has 9 heteroatoms. The lowest BCUT2D eigenvalue weighted by molar-refractivity contribution is -0.122. The molecular formula is C24H27N7O2. The van der Waals surface area contributed by atoms with Crippen LogP contribution < -0.4 is 16.3 Å². The molecule has 0 saturated heterocycles. The van der Waals surface area contributed by atoms with E-state index in [2.05, 4.69) is 9.97 Å². The number of primary amides is 1. The number of anilines is 1. The lowest BCUT2D eigenvalue weighted by Gasteiger charge is -2.27. The van der Waals surface area contributed by atoms with Gasteiger partial charge < -0.3 is 10.6 Å². The van der Waals surface area contributed by atoms with Crippen LogP contribution in [0.3, 0.4) is 0 Å². The van der Waals surface area contributed by atoms with E-state index in [4.69, 9.17) is 10.7 Å². The van der Waals surface area contributed by atoms with Crippen molar-refractivity contribution < 1.29 is 4.79 Å². The highest BCUT2D eigenvalue weighted by molar-refractivity contribution is 6.00. The predicted octanol–water partition coefficient (Wildman–Crippen LogP) is 2.63. The fourth-order valence-corrected chi connectivity index (χ4v) is 4.81. The van der Waals surface area contributed by atoms with Crippen molar-refractivity contribution >= 4 is 33.8 Å². The Hall–Kier alpha value is -3.75. The van der Waals surface area contributed by atoms with Crippen molar-refractivity contribution in [3.63, 3.8) is 0 Å². The zero-order valence-corrected chi connectivity index (χ0v) is 19.0. The van der Waals surface area contributed by atoms with Crippen LogP contribution in [0.15, 0.2) is 41.5 Å². The summed E-state index contributed by atoms with van der Waals surface area (Å²) in [5.74, 6) is 0.494. The number of hydrogen-bond acceptors (Lipinski definition) is 6. The summed E-state index contributed by atoms with van der Waals surface area (Å²) in [6.07, 6.45) is 6.38. The monoisotopic (exact) mass is 445 g/mol. The summed E-state index contributed by atoms with van der Waals surface area (Å²) >= 11 is 0. The highest BCUT2D eigenvalue weighted by atomic mass is 16.2. The zero-order chi connectivity index (χ0) is 23.3. The highest BCUT2D eigenvalue weighted by Crippen LogP contribution is 2.35. The van der Waals surface area contributed by atoms with Crippen molar-refractivity contribution in [3.05, 3.63) is 47.1 Å². The van der Waals surface area contributed by atoms with Gasteiger partial charge in [-0.2, -0.15) is 0 Å². The third-order valence-electron chi connectivity index (χ3n) is 6.73. The third-order valence-corrected chi connectivity index (χ3v) is 6.73. The molecule has 5 rings (SSSR count). The number of aryl methyl sites for hydroxylation is 1. The number of imidazole rings is 1. The fraction of sp³-hybridized carbons (Fsp3) is 0.375. The first-order chi connectivity index (χ1) is 15.8. The molecule has 33 heavy (non-hydrogen) atoms. The van der Waals surface area contributed by atoms with Gasteiger partial charge in [0.25, 0.3) is 0 Å². The average Bonchev–Trinajstić information content (AvgIpc) is 3.09. The molecule has 0 atom stereocenters. The van der Waals surface area contributed by atoms with Crippen molar-refractivity contribution in [1.82, 2.24) is 24.1 Å². The maximum Gasteiger partial charge on any atom is 0.329 e. The highest BCUT2D eigenvalue weighted by Gasteiger charge is 2.29. The van der Waals surface area contributed by atoms with Crippen molar-refractivity contribution in [1.29, 1.82) is 0 Å². The van der Waals surface area contributed by atoms with E-state index in [0.717, 1.165) is 46.5 Å². The van der Waals surface area contributed by atoms with Gasteiger partial charge in [-0.05, 0) is 49.9 Å². The smallest absolute Gasteiger partial charge is 0.329 e. The van der Waals surface area contributed by atoms with Gasteiger partial charge >= 0.3 is 5.69 Å². The summed E-state index contributed by atoms with van der Waals surface area (Å²) in [7, 11) is 5.66. The number of carbonyl (C=O) groups excluding carboxylic acids is 1. The Kier molecular flexibility index (Phi) is 5.11. The standard InChI is InChI=1S/C24H27N7O2/c1-29(2)20-11-6-15(12-27-20)17-9-10-18-21(28-17)22-19(13-26-18)30(3)24(33)31(22)16-7-4-14(5-8-16)23(25)32/h6,9-14,16H,4-5,7-8H2,1-3H3,(H2,25,32). The molecule has 0 radical (unpaired) electrons. The molecule has 1 amide bonds. The molecule has 4 heterocycles. The number of pyridine rings is 3. The van der Waals surface area contributed by atoms with E-state index < -0.39 is 0 Å². The van der Waals surface area contributed by atoms with Crippen molar-refractivity contribution in [2.24, 2.45) is 18.7 Å². The molecule has 4 aromatic rings. The zero-order valence-electron chi connectivity index (χ0n) is 19.0. The Bertz CT molecular complexity index is 1410. The first kappa shape index (κ1) is 21.1. The van der Waals surface area contributed by atoms with E-state index in [-0.39, 0.29) is 23.6 Å². The molecule has 4 aromatic heterocycles. The van der Waals surface area contributed by atoms with Crippen molar-refractivity contribution in [2.45, 2.75) is 31.7 Å².